The van der Waals surface area contributed by atoms with Crippen LogP contribution in [-0.4, -0.2) is 47.4 Å². The number of benzene rings is 2. The zero-order valence-electron chi connectivity index (χ0n) is 21.5. The third-order valence-corrected chi connectivity index (χ3v) is 7.06. The second-order valence-corrected chi connectivity index (χ2v) is 10.1. The smallest absolute Gasteiger partial charge is 0.250 e. The Bertz CT molecular complexity index is 1030. The zero-order chi connectivity index (χ0) is 24.9. The summed E-state index contributed by atoms with van der Waals surface area (Å²) in [7, 11) is 1.60. The van der Waals surface area contributed by atoms with Gasteiger partial charge in [0, 0.05) is 12.6 Å². The summed E-state index contributed by atoms with van der Waals surface area (Å²) in [6.45, 7) is 6.51. The molecule has 2 aliphatic rings. The minimum Gasteiger partial charge on any atom is -0.493 e. The number of methoxy groups -OCH3 is 1. The van der Waals surface area contributed by atoms with Gasteiger partial charge in [0.1, 0.15) is 12.6 Å². The molecule has 2 amide bonds. The van der Waals surface area contributed by atoms with Crippen molar-refractivity contribution in [3.05, 3.63) is 59.2 Å². The van der Waals surface area contributed by atoms with E-state index in [-0.39, 0.29) is 30.5 Å². The van der Waals surface area contributed by atoms with Crippen molar-refractivity contribution in [2.75, 3.05) is 13.7 Å². The van der Waals surface area contributed by atoms with Crippen LogP contribution in [0.15, 0.2) is 42.5 Å². The average molecular weight is 479 g/mol. The molecule has 1 aliphatic carbocycles. The van der Waals surface area contributed by atoms with E-state index in [1.54, 1.807) is 12.0 Å². The molecule has 1 saturated heterocycles. The number of aryl methyl sites for hydroxylation is 1. The third kappa shape index (κ3) is 5.80. The predicted molar refractivity (Wildman–Crippen MR) is 136 cm³/mol. The summed E-state index contributed by atoms with van der Waals surface area (Å²) in [5.41, 5.74) is 2.93. The number of carbonyl (C=O) groups is 2. The van der Waals surface area contributed by atoms with Gasteiger partial charge in [0.05, 0.1) is 13.2 Å². The fraction of sp³-hybridized carbons (Fsp3) is 0.517. The van der Waals surface area contributed by atoms with Crippen LogP contribution >= 0.6 is 0 Å². The molecule has 0 aromatic heterocycles. The quantitative estimate of drug-likeness (QED) is 0.498. The first-order valence-electron chi connectivity index (χ1n) is 12.9. The molecule has 1 heterocycles. The summed E-state index contributed by atoms with van der Waals surface area (Å²) in [6, 6.07) is 13.2. The summed E-state index contributed by atoms with van der Waals surface area (Å²) in [6.07, 6.45) is 6.54. The largest absolute Gasteiger partial charge is 0.493 e. The van der Waals surface area contributed by atoms with E-state index >= 15 is 0 Å². The Morgan fingerprint density at radius 2 is 1.63 bits per heavy atom. The van der Waals surface area contributed by atoms with Gasteiger partial charge in [-0.25, -0.2) is 0 Å². The van der Waals surface area contributed by atoms with Crippen molar-refractivity contribution >= 4 is 11.8 Å². The Balaban J connectivity index is 1.71. The van der Waals surface area contributed by atoms with Gasteiger partial charge in [-0.15, -0.1) is 0 Å². The molecule has 0 bridgehead atoms. The van der Waals surface area contributed by atoms with Gasteiger partial charge in [-0.2, -0.15) is 0 Å². The van der Waals surface area contributed by atoms with Gasteiger partial charge in [0.2, 0.25) is 5.91 Å². The first kappa shape index (κ1) is 25.1. The average Bonchev–Trinajstić information content (AvgIpc) is 3.12. The lowest BCUT2D eigenvalue weighted by atomic mass is 9.96. The van der Waals surface area contributed by atoms with Gasteiger partial charge in [0.25, 0.3) is 5.91 Å². The van der Waals surface area contributed by atoms with Gasteiger partial charge in [0.15, 0.2) is 11.5 Å². The summed E-state index contributed by atoms with van der Waals surface area (Å²) >= 11 is 0. The molecule has 0 unspecified atom stereocenters. The van der Waals surface area contributed by atoms with Crippen LogP contribution < -0.4 is 9.47 Å². The van der Waals surface area contributed by atoms with Crippen LogP contribution in [0.3, 0.4) is 0 Å². The van der Waals surface area contributed by atoms with Crippen LogP contribution in [-0.2, 0) is 16.1 Å². The Hall–Kier alpha value is -3.02. The fourth-order valence-electron chi connectivity index (χ4n) is 5.23. The molecule has 188 valence electrons. The number of nitrogens with zero attached hydrogens (tertiary/aromatic N) is 2. The maximum Gasteiger partial charge on any atom is 0.250 e. The van der Waals surface area contributed by atoms with Crippen molar-refractivity contribution in [2.24, 2.45) is 0 Å². The number of hydrogen-bond acceptors (Lipinski definition) is 4. The Kier molecular flexibility index (Phi) is 7.99. The molecule has 1 atom stereocenters. The van der Waals surface area contributed by atoms with Gasteiger partial charge >= 0.3 is 0 Å². The summed E-state index contributed by atoms with van der Waals surface area (Å²) < 4.78 is 11.5. The van der Waals surface area contributed by atoms with Crippen LogP contribution in [0.4, 0.5) is 0 Å². The minimum absolute atomic E-state index is 0.00296. The lowest BCUT2D eigenvalue weighted by molar-refractivity contribution is -0.159. The molecule has 0 spiro atoms. The Labute approximate surface area is 209 Å². The van der Waals surface area contributed by atoms with Crippen LogP contribution in [0.5, 0.6) is 11.5 Å². The molecule has 2 aromatic rings. The maximum absolute atomic E-state index is 14.1. The highest BCUT2D eigenvalue weighted by atomic mass is 16.5. The number of carbonyl (C=O) groups excluding carboxylic acids is 2. The summed E-state index contributed by atoms with van der Waals surface area (Å²) in [5, 5.41) is 0. The molecule has 1 saturated carbocycles. The van der Waals surface area contributed by atoms with E-state index in [0.717, 1.165) is 42.4 Å². The SMILES string of the molecule is COc1cc([C@@H]2C(=O)N(C3CCCCCC3)CC(=O)N2Cc2ccc(C)cc2)ccc1OC(C)C. The van der Waals surface area contributed by atoms with Crippen LogP contribution in [0.1, 0.15) is 75.1 Å². The van der Waals surface area contributed by atoms with E-state index in [1.165, 1.54) is 12.8 Å². The highest BCUT2D eigenvalue weighted by Gasteiger charge is 2.43. The van der Waals surface area contributed by atoms with Gasteiger partial charge in [-0.3, -0.25) is 9.59 Å². The normalized spacial score (nSPS) is 19.7. The molecular formula is C29H38N2O4. The molecule has 6 nitrogen and oxygen atoms in total. The lowest BCUT2D eigenvalue weighted by Crippen LogP contribution is -2.57. The number of rotatable bonds is 7. The highest BCUT2D eigenvalue weighted by Crippen LogP contribution is 2.37. The van der Waals surface area contributed by atoms with Crippen molar-refractivity contribution < 1.29 is 19.1 Å². The molecular weight excluding hydrogens is 440 g/mol. The van der Waals surface area contributed by atoms with Crippen LogP contribution in [0.25, 0.3) is 0 Å². The first-order chi connectivity index (χ1) is 16.9. The van der Waals surface area contributed by atoms with E-state index in [2.05, 4.69) is 0 Å². The van der Waals surface area contributed by atoms with E-state index in [0.29, 0.717) is 18.0 Å². The number of ether oxygens (including phenoxy) is 2. The molecule has 6 heteroatoms. The second-order valence-electron chi connectivity index (χ2n) is 10.1. The Morgan fingerprint density at radius 3 is 2.26 bits per heavy atom. The first-order valence-corrected chi connectivity index (χ1v) is 12.9. The monoisotopic (exact) mass is 478 g/mol. The van der Waals surface area contributed by atoms with Crippen molar-refractivity contribution in [3.63, 3.8) is 0 Å². The van der Waals surface area contributed by atoms with Gasteiger partial charge in [-0.05, 0) is 56.9 Å². The molecule has 2 fully saturated rings. The molecule has 1 aliphatic heterocycles. The number of hydrogen-bond donors (Lipinski definition) is 0. The third-order valence-electron chi connectivity index (χ3n) is 7.06. The molecule has 35 heavy (non-hydrogen) atoms. The van der Waals surface area contributed by atoms with Gasteiger partial charge < -0.3 is 19.3 Å². The molecule has 4 rings (SSSR count). The standard InChI is InChI=1S/C29H38N2O4/c1-20(2)35-25-16-15-23(17-26(25)34-4)28-29(33)30(24-9-7-5-6-8-10-24)19-27(32)31(28)18-22-13-11-21(3)12-14-22/h11-17,20,24,28H,5-10,18-19H2,1-4H3/t28-/m1/s1. The minimum atomic E-state index is -0.692. The fourth-order valence-corrected chi connectivity index (χ4v) is 5.23. The topological polar surface area (TPSA) is 59.1 Å². The van der Waals surface area contributed by atoms with E-state index in [4.69, 9.17) is 9.47 Å². The zero-order valence-corrected chi connectivity index (χ0v) is 21.5. The van der Waals surface area contributed by atoms with Crippen molar-refractivity contribution in [2.45, 2.75) is 84.0 Å². The van der Waals surface area contributed by atoms with Crippen molar-refractivity contribution in [1.82, 2.24) is 9.80 Å². The predicted octanol–water partition coefficient (Wildman–Crippen LogP) is 5.43. The molecule has 2 aromatic carbocycles. The van der Waals surface area contributed by atoms with Crippen molar-refractivity contribution in [3.8, 4) is 11.5 Å². The summed E-state index contributed by atoms with van der Waals surface area (Å²) in [4.78, 5) is 31.2. The summed E-state index contributed by atoms with van der Waals surface area (Å²) in [5.74, 6) is 1.19. The van der Waals surface area contributed by atoms with Crippen LogP contribution in [0.2, 0.25) is 0 Å². The maximum atomic E-state index is 14.1. The van der Waals surface area contributed by atoms with Crippen LogP contribution in [0, 0.1) is 6.92 Å². The van der Waals surface area contributed by atoms with Gasteiger partial charge in [-0.1, -0.05) is 61.6 Å². The number of piperazine rings is 1. The highest BCUT2D eigenvalue weighted by molar-refractivity contribution is 5.96. The molecule has 0 radical (unpaired) electrons. The van der Waals surface area contributed by atoms with E-state index in [1.807, 2.05) is 68.1 Å². The Morgan fingerprint density at radius 1 is 0.943 bits per heavy atom. The van der Waals surface area contributed by atoms with Crippen molar-refractivity contribution in [1.29, 1.82) is 0 Å². The van der Waals surface area contributed by atoms with E-state index < -0.39 is 6.04 Å². The lowest BCUT2D eigenvalue weighted by Gasteiger charge is -2.43. The van der Waals surface area contributed by atoms with E-state index in [9.17, 15) is 9.59 Å². The second kappa shape index (κ2) is 11.1. The molecule has 0 N–H and O–H groups in total. The number of amides is 2.